The number of hydrogen-bond acceptors (Lipinski definition) is 2. The Balaban J connectivity index is 2.56. The SMILES string of the molecule is CN1CCN(C)C1=NCC(C)(C)CCO. The van der Waals surface area contributed by atoms with E-state index in [1.54, 1.807) is 0 Å². The first-order valence-electron chi connectivity index (χ1n) is 5.54. The van der Waals surface area contributed by atoms with E-state index in [4.69, 9.17) is 5.11 Å². The second-order valence-electron chi connectivity index (χ2n) is 5.10. The van der Waals surface area contributed by atoms with E-state index in [2.05, 4.69) is 42.7 Å². The lowest BCUT2D eigenvalue weighted by Gasteiger charge is -2.23. The van der Waals surface area contributed by atoms with E-state index in [0.29, 0.717) is 0 Å². The zero-order valence-corrected chi connectivity index (χ0v) is 10.3. The minimum atomic E-state index is 0.0893. The summed E-state index contributed by atoms with van der Waals surface area (Å²) in [5.41, 5.74) is 0.0893. The zero-order chi connectivity index (χ0) is 11.5. The summed E-state index contributed by atoms with van der Waals surface area (Å²) in [5.74, 6) is 1.07. The van der Waals surface area contributed by atoms with Gasteiger partial charge in [-0.15, -0.1) is 0 Å². The number of aliphatic hydroxyl groups excluding tert-OH is 1. The molecule has 4 heteroatoms. The molecule has 1 saturated heterocycles. The first-order chi connectivity index (χ1) is 6.96. The van der Waals surface area contributed by atoms with Gasteiger partial charge in [0.1, 0.15) is 0 Å². The molecule has 0 unspecified atom stereocenters. The van der Waals surface area contributed by atoms with Crippen molar-refractivity contribution in [2.45, 2.75) is 20.3 Å². The quantitative estimate of drug-likeness (QED) is 0.744. The van der Waals surface area contributed by atoms with Gasteiger partial charge in [-0.1, -0.05) is 13.8 Å². The van der Waals surface area contributed by atoms with Crippen LogP contribution in [0.3, 0.4) is 0 Å². The molecule has 1 N–H and O–H groups in total. The number of aliphatic hydroxyl groups is 1. The van der Waals surface area contributed by atoms with Crippen LogP contribution in [-0.2, 0) is 0 Å². The summed E-state index contributed by atoms with van der Waals surface area (Å²) in [6, 6.07) is 0. The summed E-state index contributed by atoms with van der Waals surface area (Å²) in [7, 11) is 4.14. The second kappa shape index (κ2) is 4.84. The smallest absolute Gasteiger partial charge is 0.196 e. The molecular formula is C11H23N3O. The fourth-order valence-electron chi connectivity index (χ4n) is 1.70. The average Bonchev–Trinajstić information content (AvgIpc) is 2.44. The van der Waals surface area contributed by atoms with Crippen molar-refractivity contribution in [3.8, 4) is 0 Å². The minimum Gasteiger partial charge on any atom is -0.396 e. The molecule has 0 saturated carbocycles. The lowest BCUT2D eigenvalue weighted by molar-refractivity contribution is 0.216. The molecule has 1 heterocycles. The standard InChI is InChI=1S/C11H23N3O/c1-11(2,5-8-15)9-12-10-13(3)6-7-14(10)4/h15H,5-9H2,1-4H3. The van der Waals surface area contributed by atoms with Gasteiger partial charge in [0.05, 0.1) is 0 Å². The zero-order valence-electron chi connectivity index (χ0n) is 10.3. The van der Waals surface area contributed by atoms with Crippen molar-refractivity contribution >= 4 is 5.96 Å². The molecule has 0 atom stereocenters. The fourth-order valence-corrected chi connectivity index (χ4v) is 1.70. The summed E-state index contributed by atoms with van der Waals surface area (Å²) >= 11 is 0. The molecule has 1 aliphatic rings. The van der Waals surface area contributed by atoms with Gasteiger partial charge in [0.25, 0.3) is 0 Å². The number of guanidine groups is 1. The Hall–Kier alpha value is -0.770. The first kappa shape index (κ1) is 12.3. The Labute approximate surface area is 92.6 Å². The van der Waals surface area contributed by atoms with Gasteiger partial charge in [-0.25, -0.2) is 0 Å². The van der Waals surface area contributed by atoms with Gasteiger partial charge in [0.15, 0.2) is 5.96 Å². The monoisotopic (exact) mass is 213 g/mol. The van der Waals surface area contributed by atoms with Crippen LogP contribution in [0.15, 0.2) is 4.99 Å². The van der Waals surface area contributed by atoms with Crippen molar-refractivity contribution in [1.29, 1.82) is 0 Å². The largest absolute Gasteiger partial charge is 0.396 e. The Morgan fingerprint density at radius 3 is 2.27 bits per heavy atom. The summed E-state index contributed by atoms with van der Waals surface area (Å²) in [5, 5.41) is 8.93. The van der Waals surface area contributed by atoms with E-state index < -0.39 is 0 Å². The molecule has 0 aromatic rings. The fraction of sp³-hybridized carbons (Fsp3) is 0.909. The minimum absolute atomic E-state index is 0.0893. The molecule has 1 fully saturated rings. The molecule has 0 aliphatic carbocycles. The molecule has 0 aromatic carbocycles. The van der Waals surface area contributed by atoms with Gasteiger partial charge in [-0.3, -0.25) is 4.99 Å². The lowest BCUT2D eigenvalue weighted by atomic mass is 9.90. The third-order valence-corrected chi connectivity index (χ3v) is 2.89. The summed E-state index contributed by atoms with van der Waals surface area (Å²) < 4.78 is 0. The van der Waals surface area contributed by atoms with Crippen LogP contribution in [-0.4, -0.2) is 61.2 Å². The second-order valence-corrected chi connectivity index (χ2v) is 5.10. The molecule has 4 nitrogen and oxygen atoms in total. The highest BCUT2D eigenvalue weighted by Crippen LogP contribution is 2.20. The first-order valence-corrected chi connectivity index (χ1v) is 5.54. The summed E-state index contributed by atoms with van der Waals surface area (Å²) in [6.45, 7) is 7.40. The molecule has 0 amide bonds. The average molecular weight is 213 g/mol. The molecule has 0 radical (unpaired) electrons. The molecule has 88 valence electrons. The van der Waals surface area contributed by atoms with Crippen LogP contribution in [0, 0.1) is 5.41 Å². The Kier molecular flexibility index (Phi) is 3.97. The molecule has 1 aliphatic heterocycles. The maximum absolute atomic E-state index is 8.93. The van der Waals surface area contributed by atoms with Crippen LogP contribution in [0.2, 0.25) is 0 Å². The molecule has 0 aromatic heterocycles. The third kappa shape index (κ3) is 3.38. The molecule has 15 heavy (non-hydrogen) atoms. The lowest BCUT2D eigenvalue weighted by Crippen LogP contribution is -2.30. The van der Waals surface area contributed by atoms with E-state index in [1.165, 1.54) is 0 Å². The van der Waals surface area contributed by atoms with Crippen molar-refractivity contribution in [2.75, 3.05) is 40.3 Å². The van der Waals surface area contributed by atoms with E-state index in [-0.39, 0.29) is 12.0 Å². The normalized spacial score (nSPS) is 17.5. The van der Waals surface area contributed by atoms with Crippen molar-refractivity contribution < 1.29 is 5.11 Å². The van der Waals surface area contributed by atoms with Crippen molar-refractivity contribution in [3.63, 3.8) is 0 Å². The van der Waals surface area contributed by atoms with Crippen LogP contribution >= 0.6 is 0 Å². The molecule has 1 rings (SSSR count). The van der Waals surface area contributed by atoms with E-state index >= 15 is 0 Å². The maximum atomic E-state index is 8.93. The van der Waals surface area contributed by atoms with Crippen LogP contribution in [0.1, 0.15) is 20.3 Å². The Morgan fingerprint density at radius 2 is 1.80 bits per heavy atom. The molecular weight excluding hydrogens is 190 g/mol. The topological polar surface area (TPSA) is 39.1 Å². The van der Waals surface area contributed by atoms with Crippen LogP contribution in [0.25, 0.3) is 0 Å². The predicted octanol–water partition coefficient (Wildman–Crippen LogP) is 0.628. The van der Waals surface area contributed by atoms with Gasteiger partial charge in [-0.05, 0) is 11.8 Å². The highest BCUT2D eigenvalue weighted by atomic mass is 16.3. The number of nitrogens with zero attached hydrogens (tertiary/aromatic N) is 3. The number of likely N-dealkylation sites (N-methyl/N-ethyl adjacent to an activating group) is 2. The van der Waals surface area contributed by atoms with Gasteiger partial charge in [-0.2, -0.15) is 0 Å². The third-order valence-electron chi connectivity index (χ3n) is 2.89. The number of aliphatic imine (C=N–C) groups is 1. The van der Waals surface area contributed by atoms with E-state index in [1.807, 2.05) is 0 Å². The Bertz CT molecular complexity index is 226. The van der Waals surface area contributed by atoms with Crippen LogP contribution in [0.5, 0.6) is 0 Å². The van der Waals surface area contributed by atoms with Crippen molar-refractivity contribution in [1.82, 2.24) is 9.80 Å². The number of rotatable bonds is 4. The van der Waals surface area contributed by atoms with E-state index in [0.717, 1.165) is 32.0 Å². The van der Waals surface area contributed by atoms with Crippen LogP contribution < -0.4 is 0 Å². The van der Waals surface area contributed by atoms with Crippen molar-refractivity contribution in [2.24, 2.45) is 10.4 Å². The molecule has 0 bridgehead atoms. The number of hydrogen-bond donors (Lipinski definition) is 1. The van der Waals surface area contributed by atoms with Gasteiger partial charge in [0, 0.05) is 40.3 Å². The van der Waals surface area contributed by atoms with Crippen molar-refractivity contribution in [3.05, 3.63) is 0 Å². The van der Waals surface area contributed by atoms with Gasteiger partial charge < -0.3 is 14.9 Å². The van der Waals surface area contributed by atoms with E-state index in [9.17, 15) is 0 Å². The maximum Gasteiger partial charge on any atom is 0.196 e. The van der Waals surface area contributed by atoms with Gasteiger partial charge >= 0.3 is 0 Å². The summed E-state index contributed by atoms with van der Waals surface area (Å²) in [4.78, 5) is 8.98. The predicted molar refractivity (Wildman–Crippen MR) is 63.0 cm³/mol. The highest BCUT2D eigenvalue weighted by molar-refractivity contribution is 5.81. The Morgan fingerprint density at radius 1 is 1.27 bits per heavy atom. The van der Waals surface area contributed by atoms with Gasteiger partial charge in [0.2, 0.25) is 0 Å². The summed E-state index contributed by atoms with van der Waals surface area (Å²) in [6.07, 6.45) is 0.803. The van der Waals surface area contributed by atoms with Crippen LogP contribution in [0.4, 0.5) is 0 Å². The highest BCUT2D eigenvalue weighted by Gasteiger charge is 2.22. The molecule has 0 spiro atoms.